The van der Waals surface area contributed by atoms with Crippen LogP contribution in [0.1, 0.15) is 47.2 Å². The Labute approximate surface area is 193 Å². The highest BCUT2D eigenvalue weighted by Crippen LogP contribution is 2.28. The van der Waals surface area contributed by atoms with Crippen molar-refractivity contribution < 1.29 is 18.7 Å². The Morgan fingerprint density at radius 1 is 1.06 bits per heavy atom. The van der Waals surface area contributed by atoms with Crippen molar-refractivity contribution in [2.75, 3.05) is 12.4 Å². The molecule has 0 aliphatic carbocycles. The lowest BCUT2D eigenvalue weighted by Gasteiger charge is -2.14. The Morgan fingerprint density at radius 3 is 2.50 bits per heavy atom. The number of carbonyl (C=O) groups excluding carboxylic acids is 1. The first-order chi connectivity index (χ1) is 15.4. The first-order valence-corrected chi connectivity index (χ1v) is 10.6. The fourth-order valence-corrected chi connectivity index (χ4v) is 3.15. The lowest BCUT2D eigenvalue weighted by molar-refractivity contribution is 0.0912. The average molecular weight is 454 g/mol. The molecule has 8 heteroatoms. The van der Waals surface area contributed by atoms with Crippen molar-refractivity contribution in [3.63, 3.8) is 0 Å². The number of methoxy groups -OCH3 is 1. The Balaban J connectivity index is 1.51. The van der Waals surface area contributed by atoms with Crippen molar-refractivity contribution in [2.45, 2.75) is 33.3 Å². The largest absolute Gasteiger partial charge is 0.497 e. The normalized spacial score (nSPS) is 10.5. The summed E-state index contributed by atoms with van der Waals surface area (Å²) in [6.07, 6.45) is 0. The van der Waals surface area contributed by atoms with Crippen LogP contribution in [0.3, 0.4) is 0 Å². The summed E-state index contributed by atoms with van der Waals surface area (Å²) < 4.78 is 16.7. The Morgan fingerprint density at radius 2 is 1.81 bits per heavy atom. The lowest BCUT2D eigenvalue weighted by Crippen LogP contribution is -2.43. The molecule has 7 nitrogen and oxygen atoms in total. The first-order valence-electron chi connectivity index (χ1n) is 10.2. The van der Waals surface area contributed by atoms with Crippen LogP contribution in [-0.2, 0) is 6.61 Å². The second-order valence-corrected chi connectivity index (χ2v) is 7.92. The van der Waals surface area contributed by atoms with E-state index in [1.54, 1.807) is 31.4 Å². The van der Waals surface area contributed by atoms with Crippen molar-refractivity contribution in [1.29, 1.82) is 0 Å². The van der Waals surface area contributed by atoms with E-state index in [1.165, 1.54) is 0 Å². The number of thiocarbonyl (C=S) groups is 1. The summed E-state index contributed by atoms with van der Waals surface area (Å²) in [6.45, 7) is 6.48. The van der Waals surface area contributed by atoms with E-state index in [0.29, 0.717) is 11.7 Å². The first kappa shape index (κ1) is 23.1. The number of hydrogen-bond donors (Lipinski definition) is 3. The van der Waals surface area contributed by atoms with E-state index in [4.69, 9.17) is 26.1 Å². The molecule has 0 bridgehead atoms. The number of benzene rings is 2. The van der Waals surface area contributed by atoms with Crippen LogP contribution in [0, 0.1) is 6.92 Å². The number of hydrogen-bond acceptors (Lipinski definition) is 5. The highest BCUT2D eigenvalue weighted by atomic mass is 32.1. The minimum Gasteiger partial charge on any atom is -0.497 e. The van der Waals surface area contributed by atoms with Crippen LogP contribution in [-0.4, -0.2) is 18.1 Å². The summed E-state index contributed by atoms with van der Waals surface area (Å²) in [7, 11) is 1.60. The topological polar surface area (TPSA) is 84.8 Å². The van der Waals surface area contributed by atoms with Crippen LogP contribution in [0.15, 0.2) is 59.0 Å². The maximum atomic E-state index is 12.3. The maximum Gasteiger partial charge on any atom is 0.305 e. The van der Waals surface area contributed by atoms with E-state index in [1.807, 2.05) is 25.1 Å². The summed E-state index contributed by atoms with van der Waals surface area (Å²) in [5.41, 5.74) is 8.16. The lowest BCUT2D eigenvalue weighted by atomic mass is 10.0. The van der Waals surface area contributed by atoms with Crippen molar-refractivity contribution in [2.24, 2.45) is 0 Å². The van der Waals surface area contributed by atoms with Gasteiger partial charge in [-0.2, -0.15) is 0 Å². The van der Waals surface area contributed by atoms with Gasteiger partial charge in [0.2, 0.25) is 0 Å². The van der Waals surface area contributed by atoms with E-state index in [0.717, 1.165) is 28.3 Å². The van der Waals surface area contributed by atoms with Crippen LogP contribution in [0.5, 0.6) is 11.5 Å². The van der Waals surface area contributed by atoms with Gasteiger partial charge in [0.15, 0.2) is 10.9 Å². The van der Waals surface area contributed by atoms with Gasteiger partial charge in [-0.3, -0.25) is 15.6 Å². The summed E-state index contributed by atoms with van der Waals surface area (Å²) in [6, 6.07) is 16.7. The molecule has 0 radical (unpaired) electrons. The predicted molar refractivity (Wildman–Crippen MR) is 128 cm³/mol. The third kappa shape index (κ3) is 6.24. The molecule has 0 aliphatic heterocycles. The van der Waals surface area contributed by atoms with Crippen molar-refractivity contribution in [3.05, 3.63) is 77.2 Å². The molecule has 0 spiro atoms. The number of aryl methyl sites for hydroxylation is 1. The Kier molecular flexibility index (Phi) is 7.72. The van der Waals surface area contributed by atoms with E-state index in [9.17, 15) is 4.79 Å². The number of ether oxygens (including phenoxy) is 2. The number of nitrogens with one attached hydrogen (secondary N) is 3. The van der Waals surface area contributed by atoms with Crippen molar-refractivity contribution in [1.82, 2.24) is 10.9 Å². The van der Waals surface area contributed by atoms with Gasteiger partial charge in [-0.05, 0) is 78.7 Å². The second-order valence-electron chi connectivity index (χ2n) is 7.51. The van der Waals surface area contributed by atoms with E-state index in [-0.39, 0.29) is 17.5 Å². The molecule has 32 heavy (non-hydrogen) atoms. The molecule has 0 fully saturated rings. The SMILES string of the molecule is COc1ccc(NC(=S)NNC(=O)c2ccc(COc3cc(C)ccc3C(C)C)o2)cc1. The molecule has 168 valence electrons. The highest BCUT2D eigenvalue weighted by molar-refractivity contribution is 7.80. The molecule has 0 saturated heterocycles. The zero-order chi connectivity index (χ0) is 23.1. The van der Waals surface area contributed by atoms with Gasteiger partial charge in [0.05, 0.1) is 7.11 Å². The van der Waals surface area contributed by atoms with Crippen LogP contribution < -0.4 is 25.6 Å². The van der Waals surface area contributed by atoms with Gasteiger partial charge < -0.3 is 19.2 Å². The van der Waals surface area contributed by atoms with Gasteiger partial charge in [-0.25, -0.2) is 0 Å². The van der Waals surface area contributed by atoms with Crippen molar-refractivity contribution in [3.8, 4) is 11.5 Å². The van der Waals surface area contributed by atoms with Gasteiger partial charge in [-0.1, -0.05) is 26.0 Å². The molecule has 0 atom stereocenters. The zero-order valence-electron chi connectivity index (χ0n) is 18.5. The number of anilines is 1. The van der Waals surface area contributed by atoms with Crippen LogP contribution in [0.25, 0.3) is 0 Å². The molecule has 1 heterocycles. The van der Waals surface area contributed by atoms with Gasteiger partial charge >= 0.3 is 5.91 Å². The standard InChI is InChI=1S/C24H27N3O4S/c1-15(2)20-11-5-16(3)13-22(20)30-14-19-10-12-21(31-19)23(28)26-27-24(32)25-17-6-8-18(29-4)9-7-17/h5-13,15H,14H2,1-4H3,(H,26,28)(H2,25,27,32). The molecule has 0 saturated carbocycles. The molecule has 3 aromatic rings. The summed E-state index contributed by atoms with van der Waals surface area (Å²) in [5.74, 6) is 2.14. The maximum absolute atomic E-state index is 12.3. The molecule has 0 aliphatic rings. The fourth-order valence-electron chi connectivity index (χ4n) is 2.98. The number of carbonyl (C=O) groups is 1. The second kappa shape index (κ2) is 10.7. The number of rotatable bonds is 7. The molecule has 3 N–H and O–H groups in total. The molecular formula is C24H27N3O4S. The average Bonchev–Trinajstić information content (AvgIpc) is 3.25. The van der Waals surface area contributed by atoms with Gasteiger partial charge in [0.1, 0.15) is 23.9 Å². The molecule has 0 unspecified atom stereocenters. The molecule has 1 aromatic heterocycles. The van der Waals surface area contributed by atoms with Crippen LogP contribution in [0.4, 0.5) is 5.69 Å². The third-order valence-corrected chi connectivity index (χ3v) is 4.89. The molecule has 3 rings (SSSR count). The minimum absolute atomic E-state index is 0.150. The number of furan rings is 1. The van der Waals surface area contributed by atoms with E-state index in [2.05, 4.69) is 42.1 Å². The quantitative estimate of drug-likeness (QED) is 0.345. The third-order valence-electron chi connectivity index (χ3n) is 4.68. The predicted octanol–water partition coefficient (Wildman–Crippen LogP) is 4.93. The summed E-state index contributed by atoms with van der Waals surface area (Å²) in [5, 5.41) is 3.20. The summed E-state index contributed by atoms with van der Waals surface area (Å²) >= 11 is 5.19. The molecular weight excluding hydrogens is 426 g/mol. The number of amides is 1. The van der Waals surface area contributed by atoms with Gasteiger partial charge in [0, 0.05) is 5.69 Å². The molecule has 2 aromatic carbocycles. The summed E-state index contributed by atoms with van der Waals surface area (Å²) in [4.78, 5) is 12.3. The van der Waals surface area contributed by atoms with Gasteiger partial charge in [0.25, 0.3) is 0 Å². The van der Waals surface area contributed by atoms with E-state index >= 15 is 0 Å². The Bertz CT molecular complexity index is 1080. The smallest absolute Gasteiger partial charge is 0.305 e. The zero-order valence-corrected chi connectivity index (χ0v) is 19.3. The van der Waals surface area contributed by atoms with E-state index < -0.39 is 5.91 Å². The van der Waals surface area contributed by atoms with Gasteiger partial charge in [-0.15, -0.1) is 0 Å². The fraction of sp³-hybridized carbons (Fsp3) is 0.250. The highest BCUT2D eigenvalue weighted by Gasteiger charge is 2.13. The Hall–Kier alpha value is -3.52. The van der Waals surface area contributed by atoms with Crippen LogP contribution in [0.2, 0.25) is 0 Å². The monoisotopic (exact) mass is 453 g/mol. The van der Waals surface area contributed by atoms with Crippen LogP contribution >= 0.6 is 12.2 Å². The number of hydrazine groups is 1. The van der Waals surface area contributed by atoms with Crippen molar-refractivity contribution >= 4 is 28.9 Å². The molecule has 1 amide bonds. The minimum atomic E-state index is -0.450.